The normalized spacial score (nSPS) is 11.3. The Labute approximate surface area is 127 Å². The van der Waals surface area contributed by atoms with Gasteiger partial charge >= 0.3 is 6.36 Å². The fraction of sp³-hybridized carbons (Fsp3) is 0.133. The van der Waals surface area contributed by atoms with E-state index in [9.17, 15) is 18.0 Å². The fourth-order valence-electron chi connectivity index (χ4n) is 1.74. The van der Waals surface area contributed by atoms with Crippen LogP contribution in [0.4, 0.5) is 13.2 Å². The summed E-state index contributed by atoms with van der Waals surface area (Å²) in [5, 5.41) is 0. The Kier molecular flexibility index (Phi) is 4.37. The summed E-state index contributed by atoms with van der Waals surface area (Å²) in [6, 6.07) is 10.0. The van der Waals surface area contributed by atoms with Crippen LogP contribution in [0.25, 0.3) is 0 Å². The average molecular weight is 359 g/mol. The Morgan fingerprint density at radius 2 is 1.76 bits per heavy atom. The summed E-state index contributed by atoms with van der Waals surface area (Å²) in [5.41, 5.74) is 1.48. The number of halogens is 4. The Balaban J connectivity index is 2.31. The molecule has 2 aromatic rings. The fourth-order valence-corrected chi connectivity index (χ4v) is 2.11. The molecule has 0 unspecified atom stereocenters. The van der Waals surface area contributed by atoms with Gasteiger partial charge in [0.15, 0.2) is 5.78 Å². The maximum absolute atomic E-state index is 12.3. The number of carbonyl (C=O) groups is 1. The van der Waals surface area contributed by atoms with Gasteiger partial charge in [-0.25, -0.2) is 0 Å². The zero-order chi connectivity index (χ0) is 15.6. The Hall–Kier alpha value is -1.82. The average Bonchev–Trinajstić information content (AvgIpc) is 2.39. The summed E-state index contributed by atoms with van der Waals surface area (Å²) >= 11 is 3.32. The van der Waals surface area contributed by atoms with Gasteiger partial charge in [0, 0.05) is 15.6 Å². The highest BCUT2D eigenvalue weighted by Crippen LogP contribution is 2.25. The first-order valence-electron chi connectivity index (χ1n) is 5.93. The van der Waals surface area contributed by atoms with Crippen molar-refractivity contribution in [2.45, 2.75) is 13.3 Å². The molecule has 0 aliphatic rings. The van der Waals surface area contributed by atoms with Crippen molar-refractivity contribution < 1.29 is 22.7 Å². The second-order valence-corrected chi connectivity index (χ2v) is 5.22. The van der Waals surface area contributed by atoms with Crippen molar-refractivity contribution in [1.29, 1.82) is 0 Å². The van der Waals surface area contributed by atoms with E-state index in [0.29, 0.717) is 5.56 Å². The Morgan fingerprint density at radius 1 is 1.10 bits per heavy atom. The summed E-state index contributed by atoms with van der Waals surface area (Å²) in [4.78, 5) is 12.3. The first-order chi connectivity index (χ1) is 9.76. The van der Waals surface area contributed by atoms with Crippen LogP contribution in [-0.4, -0.2) is 12.1 Å². The van der Waals surface area contributed by atoms with Crippen LogP contribution in [0, 0.1) is 6.92 Å². The molecular weight excluding hydrogens is 349 g/mol. The third-order valence-electron chi connectivity index (χ3n) is 2.76. The van der Waals surface area contributed by atoms with E-state index in [-0.39, 0.29) is 11.3 Å². The van der Waals surface area contributed by atoms with Crippen LogP contribution in [0.2, 0.25) is 0 Å². The molecule has 0 aliphatic heterocycles. The van der Waals surface area contributed by atoms with Crippen LogP contribution in [0.3, 0.4) is 0 Å². The first kappa shape index (κ1) is 15.6. The molecule has 0 bridgehead atoms. The predicted molar refractivity (Wildman–Crippen MR) is 75.4 cm³/mol. The lowest BCUT2D eigenvalue weighted by Crippen LogP contribution is -2.17. The van der Waals surface area contributed by atoms with Gasteiger partial charge in [-0.2, -0.15) is 0 Å². The van der Waals surface area contributed by atoms with Crippen molar-refractivity contribution in [2.75, 3.05) is 0 Å². The summed E-state index contributed by atoms with van der Waals surface area (Å²) in [7, 11) is 0. The molecular formula is C15H10BrF3O2. The first-order valence-corrected chi connectivity index (χ1v) is 6.72. The molecule has 0 aromatic heterocycles. The lowest BCUT2D eigenvalue weighted by molar-refractivity contribution is -0.274. The van der Waals surface area contributed by atoms with Crippen LogP contribution < -0.4 is 4.74 Å². The topological polar surface area (TPSA) is 26.3 Å². The molecule has 0 saturated heterocycles. The van der Waals surface area contributed by atoms with Crippen LogP contribution in [0.5, 0.6) is 5.75 Å². The molecule has 0 spiro atoms. The number of benzene rings is 2. The molecule has 0 heterocycles. The van der Waals surface area contributed by atoms with E-state index in [0.717, 1.165) is 22.2 Å². The highest BCUT2D eigenvalue weighted by atomic mass is 79.9. The van der Waals surface area contributed by atoms with Crippen molar-refractivity contribution in [3.8, 4) is 5.75 Å². The molecule has 0 amide bonds. The Bertz CT molecular complexity index is 681. The van der Waals surface area contributed by atoms with Crippen molar-refractivity contribution in [1.82, 2.24) is 0 Å². The second kappa shape index (κ2) is 5.89. The zero-order valence-electron chi connectivity index (χ0n) is 10.9. The number of ketones is 1. The van der Waals surface area contributed by atoms with Crippen molar-refractivity contribution in [3.63, 3.8) is 0 Å². The number of aryl methyl sites for hydroxylation is 1. The minimum Gasteiger partial charge on any atom is -0.406 e. The lowest BCUT2D eigenvalue weighted by atomic mass is 10.0. The number of alkyl halides is 3. The molecule has 0 atom stereocenters. The van der Waals surface area contributed by atoms with Gasteiger partial charge in [-0.3, -0.25) is 4.79 Å². The van der Waals surface area contributed by atoms with Crippen molar-refractivity contribution in [2.24, 2.45) is 0 Å². The van der Waals surface area contributed by atoms with Gasteiger partial charge in [-0.05, 0) is 30.7 Å². The van der Waals surface area contributed by atoms with E-state index < -0.39 is 12.1 Å². The van der Waals surface area contributed by atoms with E-state index >= 15 is 0 Å². The van der Waals surface area contributed by atoms with E-state index in [1.165, 1.54) is 12.1 Å². The molecule has 0 N–H and O–H groups in total. The minimum atomic E-state index is -4.78. The second-order valence-electron chi connectivity index (χ2n) is 4.37. The molecule has 2 aromatic carbocycles. The van der Waals surface area contributed by atoms with Crippen LogP contribution in [0.1, 0.15) is 21.5 Å². The zero-order valence-corrected chi connectivity index (χ0v) is 12.5. The Morgan fingerprint density at radius 3 is 2.38 bits per heavy atom. The summed E-state index contributed by atoms with van der Waals surface area (Å²) < 4.78 is 41.1. The molecule has 110 valence electrons. The number of ether oxygens (including phenoxy) is 1. The lowest BCUT2D eigenvalue weighted by Gasteiger charge is -2.10. The summed E-state index contributed by atoms with van der Waals surface area (Å²) in [5.74, 6) is -0.789. The number of hydrogen-bond donors (Lipinski definition) is 0. The monoisotopic (exact) mass is 358 g/mol. The van der Waals surface area contributed by atoms with Crippen LogP contribution in [0.15, 0.2) is 46.9 Å². The van der Waals surface area contributed by atoms with Gasteiger partial charge < -0.3 is 4.74 Å². The van der Waals surface area contributed by atoms with E-state index in [2.05, 4.69) is 20.7 Å². The van der Waals surface area contributed by atoms with Crippen LogP contribution >= 0.6 is 15.9 Å². The number of hydrogen-bond acceptors (Lipinski definition) is 2. The van der Waals surface area contributed by atoms with Gasteiger partial charge in [0.25, 0.3) is 0 Å². The quantitative estimate of drug-likeness (QED) is 0.730. The molecule has 21 heavy (non-hydrogen) atoms. The maximum Gasteiger partial charge on any atom is 0.573 e. The molecule has 2 nitrogen and oxygen atoms in total. The molecule has 0 radical (unpaired) electrons. The van der Waals surface area contributed by atoms with Gasteiger partial charge in [0.1, 0.15) is 5.75 Å². The molecule has 6 heteroatoms. The predicted octanol–water partition coefficient (Wildman–Crippen LogP) is 4.89. The molecule has 2 rings (SSSR count). The highest BCUT2D eigenvalue weighted by molar-refractivity contribution is 9.10. The van der Waals surface area contributed by atoms with Gasteiger partial charge in [0.2, 0.25) is 0 Å². The maximum atomic E-state index is 12.3. The van der Waals surface area contributed by atoms with Crippen molar-refractivity contribution >= 4 is 21.7 Å². The van der Waals surface area contributed by atoms with Crippen LogP contribution in [-0.2, 0) is 0 Å². The van der Waals surface area contributed by atoms with E-state index in [4.69, 9.17) is 0 Å². The van der Waals surface area contributed by atoms with Crippen molar-refractivity contribution in [3.05, 3.63) is 63.6 Å². The van der Waals surface area contributed by atoms with Gasteiger partial charge in [-0.1, -0.05) is 40.2 Å². The standard InChI is InChI=1S/C15H10BrF3O2/c1-9-5-6-11(8-13(9)16)14(20)10-3-2-4-12(7-10)21-15(17,18)19/h2-8H,1H3. The summed E-state index contributed by atoms with van der Waals surface area (Å²) in [6.07, 6.45) is -4.78. The summed E-state index contributed by atoms with van der Waals surface area (Å²) in [6.45, 7) is 1.87. The third-order valence-corrected chi connectivity index (χ3v) is 3.62. The highest BCUT2D eigenvalue weighted by Gasteiger charge is 2.31. The molecule has 0 fully saturated rings. The van der Waals surface area contributed by atoms with Gasteiger partial charge in [0.05, 0.1) is 0 Å². The minimum absolute atomic E-state index is 0.132. The molecule has 0 saturated carbocycles. The van der Waals surface area contributed by atoms with Gasteiger partial charge in [-0.15, -0.1) is 13.2 Å². The smallest absolute Gasteiger partial charge is 0.406 e. The third kappa shape index (κ3) is 4.07. The molecule has 0 aliphatic carbocycles. The number of carbonyl (C=O) groups excluding carboxylic acids is 1. The van der Waals surface area contributed by atoms with E-state index in [1.54, 1.807) is 18.2 Å². The SMILES string of the molecule is Cc1ccc(C(=O)c2cccc(OC(F)(F)F)c2)cc1Br. The van der Waals surface area contributed by atoms with E-state index in [1.807, 2.05) is 6.92 Å². The number of rotatable bonds is 3. The largest absolute Gasteiger partial charge is 0.573 e.